The Morgan fingerprint density at radius 3 is 1.54 bits per heavy atom. The molecule has 4 atom stereocenters. The van der Waals surface area contributed by atoms with Crippen molar-refractivity contribution in [3.05, 3.63) is 177 Å². The monoisotopic (exact) mass is 1060 g/mol. The molecule has 0 radical (unpaired) electrons. The van der Waals surface area contributed by atoms with Crippen LogP contribution >= 0.6 is 0 Å². The molecular formula is C64H57N9O7. The zero-order valence-electron chi connectivity index (χ0n) is 44.7. The van der Waals surface area contributed by atoms with Crippen molar-refractivity contribution in [2.75, 3.05) is 18.9 Å². The Kier molecular flexibility index (Phi) is 12.7. The maximum absolute atomic E-state index is 13.2. The van der Waals surface area contributed by atoms with Crippen LogP contribution in [-0.4, -0.2) is 82.7 Å². The standard InChI is InChI=1S/C64H57N9O7/c1-35-8-14-38(15-9-35)53-43-24-26-45(67-43)54(39-16-10-36(2)11-17-39)47-28-30-49(69-47)56(50-31-29-48(70-50)55(46-27-25-44(53)68-46)40-18-12-37(3)13-19-40)41-20-22-42(23-21-41)76-32-6-7-52(74)77-33-51-58-59(80-64(4,5)79-58)62(78-51)73-34-66-57-60(73)71-63(65)72-61(57)75/h8-31,34,51,58-59,62,67,70H,6-7,32-33H2,1-5H3,(H3,65,71,72,75)/t51-,58-,59-,62-/m1/s1. The molecule has 9 heterocycles. The predicted molar refractivity (Wildman–Crippen MR) is 311 cm³/mol. The summed E-state index contributed by atoms with van der Waals surface area (Å²) in [6, 6.07) is 42.3. The van der Waals surface area contributed by atoms with E-state index in [-0.39, 0.29) is 36.7 Å². The molecule has 2 saturated heterocycles. The number of nitrogen functional groups attached to an aromatic ring is 1. The lowest BCUT2D eigenvalue weighted by Crippen LogP contribution is -2.33. The first-order chi connectivity index (χ1) is 38.8. The van der Waals surface area contributed by atoms with E-state index in [2.05, 4.69) is 167 Å². The van der Waals surface area contributed by atoms with Gasteiger partial charge in [-0.15, -0.1) is 0 Å². The van der Waals surface area contributed by atoms with Crippen LogP contribution in [0.1, 0.15) is 72.4 Å². The summed E-state index contributed by atoms with van der Waals surface area (Å²) in [7, 11) is 0. The first-order valence-corrected chi connectivity index (χ1v) is 26.8. The number of aromatic nitrogens is 8. The van der Waals surface area contributed by atoms with E-state index in [1.165, 1.54) is 23.0 Å². The summed E-state index contributed by atoms with van der Waals surface area (Å²) in [5.74, 6) is -0.753. The molecule has 8 bridgehead atoms. The van der Waals surface area contributed by atoms with E-state index in [1.807, 2.05) is 24.3 Å². The minimum absolute atomic E-state index is 0.0567. The van der Waals surface area contributed by atoms with Gasteiger partial charge < -0.3 is 39.4 Å². The van der Waals surface area contributed by atoms with Crippen LogP contribution < -0.4 is 16.0 Å². The lowest BCUT2D eigenvalue weighted by molar-refractivity contribution is -0.202. The summed E-state index contributed by atoms with van der Waals surface area (Å²) >= 11 is 0. The van der Waals surface area contributed by atoms with Crippen LogP contribution in [0.5, 0.6) is 5.75 Å². The van der Waals surface area contributed by atoms with Crippen LogP contribution in [0.3, 0.4) is 0 Å². The van der Waals surface area contributed by atoms with E-state index in [0.717, 1.165) is 89.4 Å². The van der Waals surface area contributed by atoms with E-state index >= 15 is 0 Å². The molecule has 2 fully saturated rings. The van der Waals surface area contributed by atoms with Crippen molar-refractivity contribution < 1.29 is 28.5 Å². The maximum atomic E-state index is 13.2. The SMILES string of the molecule is Cc1ccc(-c2c3nc(c(-c4ccc(C)cc4)c4ccc([nH]4)c(-c4ccc(OCCCC(=O)OC[C@H]5O[C@@H](n6cnc7c(=O)[nH]c(N)nc76)[C@@H]6OC(C)(C)O[C@@H]65)cc4)c4nc(c(-c5ccc(C)cc5)c5ccc2[nH]5)C=C4)C=C3)cc1. The smallest absolute Gasteiger partial charge is 0.306 e. The van der Waals surface area contributed by atoms with Gasteiger partial charge in [0.15, 0.2) is 23.2 Å². The van der Waals surface area contributed by atoms with Crippen molar-refractivity contribution in [2.24, 2.45) is 0 Å². The first kappa shape index (κ1) is 50.3. The van der Waals surface area contributed by atoms with Gasteiger partial charge in [-0.05, 0) is 124 Å². The zero-order valence-corrected chi connectivity index (χ0v) is 44.7. The summed E-state index contributed by atoms with van der Waals surface area (Å²) in [6.07, 6.45) is 7.80. The number of anilines is 1. The van der Waals surface area contributed by atoms with E-state index in [4.69, 9.17) is 39.4 Å². The molecule has 80 heavy (non-hydrogen) atoms. The number of imidazole rings is 1. The number of nitrogens with zero attached hydrogens (tertiary/aromatic N) is 5. The molecule has 0 aliphatic carbocycles. The van der Waals surface area contributed by atoms with E-state index in [0.29, 0.717) is 12.2 Å². The highest BCUT2D eigenvalue weighted by Crippen LogP contribution is 2.44. The Morgan fingerprint density at radius 1 is 0.613 bits per heavy atom. The van der Waals surface area contributed by atoms with Crippen molar-refractivity contribution in [1.29, 1.82) is 0 Å². The summed E-state index contributed by atoms with van der Waals surface area (Å²) in [5, 5.41) is 0. The van der Waals surface area contributed by atoms with Gasteiger partial charge >= 0.3 is 5.97 Å². The van der Waals surface area contributed by atoms with Crippen molar-refractivity contribution in [3.63, 3.8) is 0 Å². The van der Waals surface area contributed by atoms with Crippen molar-refractivity contribution in [1.82, 2.24) is 39.5 Å². The molecule has 0 amide bonds. The van der Waals surface area contributed by atoms with Gasteiger partial charge in [0.25, 0.3) is 5.56 Å². The fraction of sp³-hybridized carbons (Fsp3) is 0.219. The average Bonchev–Trinajstić information content (AvgIpc) is 4.43. The van der Waals surface area contributed by atoms with Crippen LogP contribution in [0, 0.1) is 20.8 Å². The number of nitrogens with one attached hydrogen (secondary N) is 3. The molecule has 4 aliphatic rings. The summed E-state index contributed by atoms with van der Waals surface area (Å²) in [4.78, 5) is 55.3. The van der Waals surface area contributed by atoms with E-state index in [9.17, 15) is 9.59 Å². The number of hydrogen-bond acceptors (Lipinski definition) is 12. The third kappa shape index (κ3) is 9.56. The number of hydrogen-bond donors (Lipinski definition) is 4. The number of esters is 1. The van der Waals surface area contributed by atoms with Gasteiger partial charge in [-0.2, -0.15) is 4.98 Å². The first-order valence-electron chi connectivity index (χ1n) is 26.8. The van der Waals surface area contributed by atoms with Crippen molar-refractivity contribution in [3.8, 4) is 50.3 Å². The van der Waals surface area contributed by atoms with E-state index in [1.54, 1.807) is 18.4 Å². The number of carbonyl (C=O) groups excluding carboxylic acids is 1. The average molecular weight is 1060 g/mol. The molecule has 13 rings (SSSR count). The Balaban J connectivity index is 0.800. The van der Waals surface area contributed by atoms with Crippen LogP contribution in [-0.2, 0) is 23.7 Å². The quantitative estimate of drug-likeness (QED) is 0.0665. The van der Waals surface area contributed by atoms with Gasteiger partial charge in [-0.3, -0.25) is 19.1 Å². The molecule has 4 aromatic carbocycles. The largest absolute Gasteiger partial charge is 0.494 e. The van der Waals surface area contributed by atoms with Gasteiger partial charge in [0.05, 0.1) is 35.7 Å². The topological polar surface area (TPSA) is 210 Å². The highest BCUT2D eigenvalue weighted by molar-refractivity contribution is 6.00. The van der Waals surface area contributed by atoms with Crippen molar-refractivity contribution in [2.45, 2.75) is 77.8 Å². The number of benzene rings is 4. The molecule has 9 aromatic rings. The third-order valence-corrected chi connectivity index (χ3v) is 15.0. The molecular weight excluding hydrogens is 1010 g/mol. The number of nitrogens with two attached hydrogens (primary N) is 1. The van der Waals surface area contributed by atoms with Crippen LogP contribution in [0.4, 0.5) is 5.95 Å². The second-order valence-corrected chi connectivity index (χ2v) is 21.2. The minimum atomic E-state index is -0.932. The number of rotatable bonds is 12. The predicted octanol–water partition coefficient (Wildman–Crippen LogP) is 12.1. The number of ether oxygens (including phenoxy) is 5. The Bertz CT molecular complexity index is 4150. The summed E-state index contributed by atoms with van der Waals surface area (Å²) in [5.41, 5.74) is 24.2. The van der Waals surface area contributed by atoms with Crippen molar-refractivity contribution >= 4 is 69.5 Å². The molecule has 0 saturated carbocycles. The van der Waals surface area contributed by atoms with E-state index < -0.39 is 41.9 Å². The molecule has 4 aliphatic heterocycles. The number of aryl methyl sites for hydroxylation is 3. The minimum Gasteiger partial charge on any atom is -0.494 e. The van der Waals surface area contributed by atoms with Gasteiger partial charge in [0, 0.05) is 50.7 Å². The zero-order chi connectivity index (χ0) is 54.8. The molecule has 5 N–H and O–H groups in total. The van der Waals surface area contributed by atoms with Gasteiger partial charge in [-0.1, -0.05) is 102 Å². The van der Waals surface area contributed by atoms with Gasteiger partial charge in [0.2, 0.25) is 5.95 Å². The van der Waals surface area contributed by atoms with Gasteiger partial charge in [0.1, 0.15) is 30.7 Å². The number of carbonyl (C=O) groups is 1. The third-order valence-electron chi connectivity index (χ3n) is 15.0. The highest BCUT2D eigenvalue weighted by Gasteiger charge is 2.56. The number of fused-ring (bicyclic) bond motifs is 10. The number of aromatic amines is 3. The van der Waals surface area contributed by atoms with Crippen LogP contribution in [0.2, 0.25) is 0 Å². The van der Waals surface area contributed by atoms with Crippen LogP contribution in [0.15, 0.2) is 132 Å². The lowest BCUT2D eigenvalue weighted by atomic mass is 10.0. The molecule has 400 valence electrons. The van der Waals surface area contributed by atoms with Gasteiger partial charge in [-0.25, -0.2) is 15.0 Å². The Hall–Kier alpha value is -9.22. The fourth-order valence-electron chi connectivity index (χ4n) is 11.1. The van der Waals surface area contributed by atoms with Crippen LogP contribution in [0.25, 0.3) is 102 Å². The molecule has 0 unspecified atom stereocenters. The second-order valence-electron chi connectivity index (χ2n) is 21.2. The normalized spacial score (nSPS) is 18.0. The number of H-pyrrole nitrogens is 3. The Labute approximate surface area is 460 Å². The second kappa shape index (κ2) is 20.2. The fourth-order valence-corrected chi connectivity index (χ4v) is 11.1. The molecule has 0 spiro atoms. The summed E-state index contributed by atoms with van der Waals surface area (Å²) in [6.45, 7) is 10.1. The molecule has 5 aromatic heterocycles. The lowest BCUT2D eigenvalue weighted by Gasteiger charge is -2.24. The highest BCUT2D eigenvalue weighted by atomic mass is 16.8. The maximum Gasteiger partial charge on any atom is 0.306 e. The summed E-state index contributed by atoms with van der Waals surface area (Å²) < 4.78 is 32.4. The molecule has 16 nitrogen and oxygen atoms in total. The Morgan fingerprint density at radius 2 is 1.06 bits per heavy atom. The molecule has 16 heteroatoms.